The average Bonchev–Trinajstić information content (AvgIpc) is 3.46. The van der Waals surface area contributed by atoms with Gasteiger partial charge < -0.3 is 14.0 Å². The van der Waals surface area contributed by atoms with Crippen LogP contribution in [0.15, 0.2) is 48.8 Å². The second kappa shape index (κ2) is 9.41. The third kappa shape index (κ3) is 4.06. The number of benzene rings is 2. The van der Waals surface area contributed by atoms with E-state index in [1.165, 1.54) is 12.1 Å². The Morgan fingerprint density at radius 1 is 1.06 bits per heavy atom. The predicted molar refractivity (Wildman–Crippen MR) is 134 cm³/mol. The second-order valence-corrected chi connectivity index (χ2v) is 8.51. The molecule has 9 heteroatoms. The number of aromatic nitrogens is 4. The van der Waals surface area contributed by atoms with Gasteiger partial charge in [0, 0.05) is 29.8 Å². The third-order valence-corrected chi connectivity index (χ3v) is 6.29. The normalized spacial score (nSPS) is 12.7. The molecule has 2 aromatic carbocycles. The number of hydrogen-bond donors (Lipinski definition) is 0. The fourth-order valence-corrected chi connectivity index (χ4v) is 4.49. The first-order valence-electron chi connectivity index (χ1n) is 11.7. The van der Waals surface area contributed by atoms with Crippen LogP contribution >= 0.6 is 0 Å². The highest BCUT2D eigenvalue weighted by Crippen LogP contribution is 2.39. The average molecular weight is 488 g/mol. The Morgan fingerprint density at radius 2 is 1.89 bits per heavy atom. The summed E-state index contributed by atoms with van der Waals surface area (Å²) in [7, 11) is 3.41. The lowest BCUT2D eigenvalue weighted by Crippen LogP contribution is -2.24. The summed E-state index contributed by atoms with van der Waals surface area (Å²) in [5, 5.41) is 8.11. The molecule has 1 aliphatic rings. The zero-order chi connectivity index (χ0) is 25.4. The van der Waals surface area contributed by atoms with Gasteiger partial charge in [0.15, 0.2) is 5.82 Å². The molecule has 0 N–H and O–H groups in total. The van der Waals surface area contributed by atoms with Crippen molar-refractivity contribution in [2.24, 2.45) is 7.05 Å². The van der Waals surface area contributed by atoms with Crippen molar-refractivity contribution >= 4 is 11.7 Å². The largest absolute Gasteiger partial charge is 0.496 e. The number of nitrogens with zero attached hydrogens (tertiary/aromatic N) is 5. The molecule has 1 amide bonds. The first-order chi connectivity index (χ1) is 17.4. The molecule has 3 heterocycles. The number of rotatable bonds is 7. The number of hydrogen-bond acceptors (Lipinski definition) is 6. The fourth-order valence-electron chi connectivity index (χ4n) is 4.49. The summed E-state index contributed by atoms with van der Waals surface area (Å²) in [5.41, 5.74) is 4.46. The first kappa shape index (κ1) is 23.5. The Labute approximate surface area is 208 Å². The SMILES string of the molecule is CCOc1cc(-c2ccc(F)cc2-c2nncn2C)cc(N2Cc3c(OC)cc(CC)cc3C2=O)n1. The molecule has 0 fully saturated rings. The number of carbonyl (C=O) groups is 1. The van der Waals surface area contributed by atoms with Crippen molar-refractivity contribution in [2.75, 3.05) is 18.6 Å². The van der Waals surface area contributed by atoms with Crippen LogP contribution in [-0.4, -0.2) is 39.4 Å². The summed E-state index contributed by atoms with van der Waals surface area (Å²) in [6.45, 7) is 4.63. The molecule has 0 saturated heterocycles. The Kier molecular flexibility index (Phi) is 6.13. The number of pyridine rings is 1. The molecule has 1 aliphatic heterocycles. The van der Waals surface area contributed by atoms with E-state index in [0.717, 1.165) is 17.5 Å². The monoisotopic (exact) mass is 487 g/mol. The molecular formula is C27H26FN5O3. The molecule has 8 nitrogen and oxygen atoms in total. The molecule has 5 rings (SSSR count). The van der Waals surface area contributed by atoms with E-state index in [0.29, 0.717) is 58.7 Å². The van der Waals surface area contributed by atoms with Crippen LogP contribution in [0.4, 0.5) is 10.2 Å². The molecule has 0 spiro atoms. The maximum absolute atomic E-state index is 14.3. The van der Waals surface area contributed by atoms with Gasteiger partial charge in [0.05, 0.1) is 20.3 Å². The smallest absolute Gasteiger partial charge is 0.260 e. The number of ether oxygens (including phenoxy) is 2. The lowest BCUT2D eigenvalue weighted by atomic mass is 9.99. The maximum Gasteiger partial charge on any atom is 0.260 e. The minimum absolute atomic E-state index is 0.154. The number of fused-ring (bicyclic) bond motifs is 1. The molecule has 36 heavy (non-hydrogen) atoms. The zero-order valence-corrected chi connectivity index (χ0v) is 20.6. The lowest BCUT2D eigenvalue weighted by molar-refractivity contribution is 0.0995. The van der Waals surface area contributed by atoms with E-state index in [9.17, 15) is 9.18 Å². The Hall–Kier alpha value is -4.27. The van der Waals surface area contributed by atoms with E-state index >= 15 is 0 Å². The van der Waals surface area contributed by atoms with Gasteiger partial charge in [-0.2, -0.15) is 4.98 Å². The van der Waals surface area contributed by atoms with Gasteiger partial charge in [-0.15, -0.1) is 10.2 Å². The van der Waals surface area contributed by atoms with E-state index in [2.05, 4.69) is 15.2 Å². The van der Waals surface area contributed by atoms with Crippen LogP contribution in [0.5, 0.6) is 11.6 Å². The van der Waals surface area contributed by atoms with Crippen LogP contribution < -0.4 is 14.4 Å². The highest BCUT2D eigenvalue weighted by atomic mass is 19.1. The van der Waals surface area contributed by atoms with E-state index in [4.69, 9.17) is 9.47 Å². The molecule has 0 aliphatic carbocycles. The van der Waals surface area contributed by atoms with E-state index in [1.54, 1.807) is 42.1 Å². The van der Waals surface area contributed by atoms with Gasteiger partial charge in [-0.05, 0) is 60.4 Å². The summed E-state index contributed by atoms with van der Waals surface area (Å²) < 4.78 is 27.4. The molecule has 2 aromatic heterocycles. The summed E-state index contributed by atoms with van der Waals surface area (Å²) >= 11 is 0. The Bertz CT molecular complexity index is 1470. The van der Waals surface area contributed by atoms with Crippen LogP contribution in [0.1, 0.15) is 35.3 Å². The topological polar surface area (TPSA) is 82.4 Å². The molecule has 0 unspecified atom stereocenters. The molecule has 184 valence electrons. The van der Waals surface area contributed by atoms with E-state index in [1.807, 2.05) is 32.0 Å². The van der Waals surface area contributed by atoms with Crippen LogP contribution in [-0.2, 0) is 20.0 Å². The second-order valence-electron chi connectivity index (χ2n) is 8.51. The molecule has 0 radical (unpaired) electrons. The predicted octanol–water partition coefficient (Wildman–Crippen LogP) is 4.81. The number of aryl methyl sites for hydroxylation is 2. The summed E-state index contributed by atoms with van der Waals surface area (Å²) in [5.74, 6) is 1.46. The first-order valence-corrected chi connectivity index (χ1v) is 11.7. The summed E-state index contributed by atoms with van der Waals surface area (Å²) in [6, 6.07) is 12.0. The van der Waals surface area contributed by atoms with Crippen molar-refractivity contribution in [3.63, 3.8) is 0 Å². The van der Waals surface area contributed by atoms with Crippen LogP contribution in [0, 0.1) is 5.82 Å². The van der Waals surface area contributed by atoms with E-state index in [-0.39, 0.29) is 11.7 Å². The van der Waals surface area contributed by atoms with Gasteiger partial charge in [0.1, 0.15) is 23.7 Å². The quantitative estimate of drug-likeness (QED) is 0.372. The van der Waals surface area contributed by atoms with Crippen LogP contribution in [0.25, 0.3) is 22.5 Å². The minimum atomic E-state index is -0.389. The Morgan fingerprint density at radius 3 is 2.58 bits per heavy atom. The minimum Gasteiger partial charge on any atom is -0.496 e. The third-order valence-electron chi connectivity index (χ3n) is 6.29. The molecule has 4 aromatic rings. The van der Waals surface area contributed by atoms with Gasteiger partial charge in [-0.3, -0.25) is 9.69 Å². The van der Waals surface area contributed by atoms with Crippen molar-refractivity contribution in [1.29, 1.82) is 0 Å². The number of amides is 1. The lowest BCUT2D eigenvalue weighted by Gasteiger charge is -2.18. The number of carbonyl (C=O) groups excluding carboxylic acids is 1. The van der Waals surface area contributed by atoms with Crippen molar-refractivity contribution in [3.8, 4) is 34.1 Å². The van der Waals surface area contributed by atoms with Gasteiger partial charge in [0.2, 0.25) is 5.88 Å². The number of anilines is 1. The van der Waals surface area contributed by atoms with Crippen molar-refractivity contribution in [2.45, 2.75) is 26.8 Å². The maximum atomic E-state index is 14.3. The molecule has 0 bridgehead atoms. The van der Waals surface area contributed by atoms with Crippen LogP contribution in [0.2, 0.25) is 0 Å². The van der Waals surface area contributed by atoms with Crippen molar-refractivity contribution in [3.05, 3.63) is 71.3 Å². The van der Waals surface area contributed by atoms with Gasteiger partial charge >= 0.3 is 0 Å². The van der Waals surface area contributed by atoms with Crippen molar-refractivity contribution < 1.29 is 18.7 Å². The molecular weight excluding hydrogens is 461 g/mol. The van der Waals surface area contributed by atoms with Gasteiger partial charge in [-0.1, -0.05) is 13.0 Å². The van der Waals surface area contributed by atoms with Crippen molar-refractivity contribution in [1.82, 2.24) is 19.7 Å². The molecule has 0 atom stereocenters. The number of halogens is 1. The summed E-state index contributed by atoms with van der Waals surface area (Å²) in [6.07, 6.45) is 2.35. The Balaban J connectivity index is 1.64. The van der Waals surface area contributed by atoms with Gasteiger partial charge in [0.25, 0.3) is 5.91 Å². The fraction of sp³-hybridized carbons (Fsp3) is 0.259. The highest BCUT2D eigenvalue weighted by Gasteiger charge is 2.33. The van der Waals surface area contributed by atoms with Crippen LogP contribution in [0.3, 0.4) is 0 Å². The highest BCUT2D eigenvalue weighted by molar-refractivity contribution is 6.10. The molecule has 0 saturated carbocycles. The number of methoxy groups -OCH3 is 1. The zero-order valence-electron chi connectivity index (χ0n) is 20.6. The summed E-state index contributed by atoms with van der Waals surface area (Å²) in [4.78, 5) is 19.8. The standard InChI is InChI=1S/C27H26FN5O3/c1-5-16-9-21-22(23(10-16)35-4)14-33(27(21)34)24-11-17(12-25(30-24)36-6-2)19-8-7-18(28)13-20(19)26-31-29-15-32(26)3/h7-13,15H,5-6,14H2,1-4H3. The van der Waals surface area contributed by atoms with E-state index < -0.39 is 0 Å². The van der Waals surface area contributed by atoms with Gasteiger partial charge in [-0.25, -0.2) is 4.39 Å².